The van der Waals surface area contributed by atoms with Crippen LogP contribution in [0.4, 0.5) is 0 Å². The van der Waals surface area contributed by atoms with Crippen LogP contribution in [0.15, 0.2) is 200 Å². The number of benzene rings is 8. The molecule has 2 aromatic heterocycles. The third kappa shape index (κ3) is 5.06. The van der Waals surface area contributed by atoms with Gasteiger partial charge in [-0.1, -0.05) is 158 Å². The first kappa shape index (κ1) is 33.2. The maximum atomic E-state index is 6.73. The molecule has 0 saturated heterocycles. The van der Waals surface area contributed by atoms with Crippen molar-refractivity contribution in [3.63, 3.8) is 0 Å². The van der Waals surface area contributed by atoms with Gasteiger partial charge >= 0.3 is 0 Å². The van der Waals surface area contributed by atoms with E-state index in [2.05, 4.69) is 132 Å². The fourth-order valence-corrected chi connectivity index (χ4v) is 9.17. The van der Waals surface area contributed by atoms with Crippen LogP contribution >= 0.6 is 0 Å². The third-order valence-electron chi connectivity index (χ3n) is 11.7. The topological polar surface area (TPSA) is 65.7 Å². The van der Waals surface area contributed by atoms with Gasteiger partial charge < -0.3 is 4.74 Å². The number of hydrogen-bond donors (Lipinski definition) is 0. The fraction of sp³-hybridized carbons (Fsp3) is 0.0189. The number of nitrogens with zero attached hydrogens (tertiary/aromatic N) is 5. The molecule has 0 unspecified atom stereocenters. The second kappa shape index (κ2) is 13.0. The molecular formula is C53H33N5O. The Bertz CT molecular complexity index is 3150. The molecule has 6 heteroatoms. The molecule has 2 aliphatic rings. The number of imidazole rings is 1. The van der Waals surface area contributed by atoms with Crippen molar-refractivity contribution in [3.05, 3.63) is 222 Å². The first-order valence-electron chi connectivity index (χ1n) is 19.8. The summed E-state index contributed by atoms with van der Waals surface area (Å²) in [6.45, 7) is 0. The SMILES string of the molecule is c1ccc(-c2nc(-c3ccccc3)nc(-c3ccc4c(c3)C3(c5ccccc5Oc5ccccc53)c3cc(-n5c(-c6ccccc6)nc6ccccc65)ccc3-4)n2)cc1. The lowest BCUT2D eigenvalue weighted by atomic mass is 9.66. The summed E-state index contributed by atoms with van der Waals surface area (Å²) in [4.78, 5) is 20.5. The molecule has 8 aromatic carbocycles. The number of hydrogen-bond acceptors (Lipinski definition) is 5. The van der Waals surface area contributed by atoms with Gasteiger partial charge in [-0.2, -0.15) is 0 Å². The van der Waals surface area contributed by atoms with Crippen molar-refractivity contribution in [1.29, 1.82) is 0 Å². The summed E-state index contributed by atoms with van der Waals surface area (Å²) >= 11 is 0. The summed E-state index contributed by atoms with van der Waals surface area (Å²) in [6.07, 6.45) is 0. The lowest BCUT2D eigenvalue weighted by Crippen LogP contribution is -2.32. The molecule has 0 amide bonds. The molecule has 0 bridgehead atoms. The van der Waals surface area contributed by atoms with Crippen molar-refractivity contribution in [3.8, 4) is 73.9 Å². The van der Waals surface area contributed by atoms with E-state index in [0.29, 0.717) is 17.5 Å². The molecule has 0 fully saturated rings. The molecule has 12 rings (SSSR count). The van der Waals surface area contributed by atoms with Crippen LogP contribution in [0.1, 0.15) is 22.3 Å². The van der Waals surface area contributed by atoms with Gasteiger partial charge in [-0.05, 0) is 64.7 Å². The van der Waals surface area contributed by atoms with E-state index < -0.39 is 5.41 Å². The second-order valence-electron chi connectivity index (χ2n) is 15.0. The molecule has 10 aromatic rings. The Labute approximate surface area is 340 Å². The van der Waals surface area contributed by atoms with E-state index in [1.165, 1.54) is 5.56 Å². The van der Waals surface area contributed by atoms with Crippen molar-refractivity contribution in [1.82, 2.24) is 24.5 Å². The number of para-hydroxylation sites is 4. The van der Waals surface area contributed by atoms with Gasteiger partial charge in [0.05, 0.1) is 16.4 Å². The highest BCUT2D eigenvalue weighted by Gasteiger charge is 2.51. The van der Waals surface area contributed by atoms with Crippen LogP contribution in [0, 0.1) is 0 Å². The molecule has 1 aliphatic heterocycles. The van der Waals surface area contributed by atoms with Crippen LogP contribution in [0.25, 0.3) is 73.4 Å². The largest absolute Gasteiger partial charge is 0.457 e. The van der Waals surface area contributed by atoms with Gasteiger partial charge in [0.1, 0.15) is 17.3 Å². The van der Waals surface area contributed by atoms with E-state index in [1.54, 1.807) is 0 Å². The third-order valence-corrected chi connectivity index (χ3v) is 11.7. The molecule has 1 spiro atoms. The van der Waals surface area contributed by atoms with Crippen LogP contribution in [-0.2, 0) is 5.41 Å². The van der Waals surface area contributed by atoms with E-state index in [4.69, 9.17) is 24.7 Å². The molecule has 276 valence electrons. The zero-order valence-corrected chi connectivity index (χ0v) is 31.7. The fourth-order valence-electron chi connectivity index (χ4n) is 9.17. The minimum Gasteiger partial charge on any atom is -0.457 e. The lowest BCUT2D eigenvalue weighted by molar-refractivity contribution is 0.436. The summed E-state index contributed by atoms with van der Waals surface area (Å²) in [5.41, 5.74) is 12.9. The van der Waals surface area contributed by atoms with E-state index in [9.17, 15) is 0 Å². The van der Waals surface area contributed by atoms with Crippen LogP contribution < -0.4 is 4.74 Å². The summed E-state index contributed by atoms with van der Waals surface area (Å²) in [7, 11) is 0. The number of ether oxygens (including phenoxy) is 1. The molecule has 3 heterocycles. The number of rotatable bonds is 5. The minimum atomic E-state index is -0.733. The molecule has 0 N–H and O–H groups in total. The average molecular weight is 756 g/mol. The second-order valence-corrected chi connectivity index (χ2v) is 15.0. The maximum absolute atomic E-state index is 6.73. The zero-order valence-electron chi connectivity index (χ0n) is 31.7. The monoisotopic (exact) mass is 755 g/mol. The van der Waals surface area contributed by atoms with Crippen LogP contribution in [0.5, 0.6) is 11.5 Å². The predicted molar refractivity (Wildman–Crippen MR) is 234 cm³/mol. The first-order chi connectivity index (χ1) is 29.2. The molecule has 6 nitrogen and oxygen atoms in total. The van der Waals surface area contributed by atoms with E-state index in [-0.39, 0.29) is 0 Å². The van der Waals surface area contributed by atoms with E-state index >= 15 is 0 Å². The van der Waals surface area contributed by atoms with Crippen LogP contribution in [-0.4, -0.2) is 24.5 Å². The Balaban J connectivity index is 1.14. The normalized spacial score (nSPS) is 13.0. The predicted octanol–water partition coefficient (Wildman–Crippen LogP) is 12.3. The molecule has 0 radical (unpaired) electrons. The molecule has 0 saturated carbocycles. The standard InChI is InChI=1S/C53H33N5O/c1-4-16-34(17-5-1)49-55-50(35-18-6-2-7-19-35)57-51(56-49)37-28-30-39-40-31-29-38(58-46-25-13-12-24-45(46)54-52(58)36-20-8-3-9-21-36)33-44(40)53(43(39)32-37)41-22-10-14-26-47(41)59-48-27-15-11-23-42(48)53/h1-33H. The Hall–Kier alpha value is -7.96. The van der Waals surface area contributed by atoms with Crippen LogP contribution in [0.3, 0.4) is 0 Å². The molecule has 0 atom stereocenters. The molecule has 59 heavy (non-hydrogen) atoms. The minimum absolute atomic E-state index is 0.610. The molecule has 1 aliphatic carbocycles. The van der Waals surface area contributed by atoms with Gasteiger partial charge in [0.2, 0.25) is 0 Å². The Morgan fingerprint density at radius 1 is 0.373 bits per heavy atom. The van der Waals surface area contributed by atoms with Crippen molar-refractivity contribution < 1.29 is 4.74 Å². The van der Waals surface area contributed by atoms with Gasteiger partial charge in [0.25, 0.3) is 0 Å². The summed E-state index contributed by atoms with van der Waals surface area (Å²) < 4.78 is 9.02. The average Bonchev–Trinajstić information content (AvgIpc) is 3.84. The van der Waals surface area contributed by atoms with Gasteiger partial charge in [0, 0.05) is 39.1 Å². The Morgan fingerprint density at radius 3 is 1.49 bits per heavy atom. The molecular weight excluding hydrogens is 723 g/mol. The smallest absolute Gasteiger partial charge is 0.164 e. The van der Waals surface area contributed by atoms with Gasteiger partial charge in [-0.3, -0.25) is 4.57 Å². The highest BCUT2D eigenvalue weighted by Crippen LogP contribution is 2.62. The highest BCUT2D eigenvalue weighted by atomic mass is 16.5. The highest BCUT2D eigenvalue weighted by molar-refractivity contribution is 5.92. The summed E-state index contributed by atoms with van der Waals surface area (Å²) in [6, 6.07) is 69.6. The Kier molecular flexibility index (Phi) is 7.34. The first-order valence-corrected chi connectivity index (χ1v) is 19.8. The zero-order chi connectivity index (χ0) is 38.9. The Morgan fingerprint density at radius 2 is 0.864 bits per heavy atom. The van der Waals surface area contributed by atoms with E-state index in [0.717, 1.165) is 84.1 Å². The van der Waals surface area contributed by atoms with E-state index in [1.807, 2.05) is 72.8 Å². The summed E-state index contributed by atoms with van der Waals surface area (Å²) in [5, 5.41) is 0. The van der Waals surface area contributed by atoms with Crippen LogP contribution in [0.2, 0.25) is 0 Å². The van der Waals surface area contributed by atoms with Crippen molar-refractivity contribution in [2.75, 3.05) is 0 Å². The quantitative estimate of drug-likeness (QED) is 0.175. The van der Waals surface area contributed by atoms with Gasteiger partial charge in [-0.25, -0.2) is 19.9 Å². The number of aromatic nitrogens is 5. The van der Waals surface area contributed by atoms with Crippen molar-refractivity contribution in [2.24, 2.45) is 0 Å². The maximum Gasteiger partial charge on any atom is 0.164 e. The van der Waals surface area contributed by atoms with Gasteiger partial charge in [-0.15, -0.1) is 0 Å². The summed E-state index contributed by atoms with van der Waals surface area (Å²) in [5.74, 6) is 4.42. The lowest BCUT2D eigenvalue weighted by Gasteiger charge is -2.39. The van der Waals surface area contributed by atoms with Crippen molar-refractivity contribution in [2.45, 2.75) is 5.41 Å². The van der Waals surface area contributed by atoms with Gasteiger partial charge in [0.15, 0.2) is 17.5 Å². The van der Waals surface area contributed by atoms with Crippen molar-refractivity contribution >= 4 is 11.0 Å². The number of fused-ring (bicyclic) bond motifs is 10.